The van der Waals surface area contributed by atoms with E-state index in [1.807, 2.05) is 24.0 Å². The van der Waals surface area contributed by atoms with Gasteiger partial charge in [-0.3, -0.25) is 19.7 Å². The third kappa shape index (κ3) is 4.98. The number of thiophene rings is 1. The van der Waals surface area contributed by atoms with Crippen molar-refractivity contribution in [2.24, 2.45) is 0 Å². The van der Waals surface area contributed by atoms with Crippen LogP contribution in [0, 0.1) is 24.0 Å². The zero-order valence-corrected chi connectivity index (χ0v) is 21.0. The first-order valence-electron chi connectivity index (χ1n) is 11.8. The molecule has 1 aromatic heterocycles. The molecule has 3 aromatic rings. The van der Waals surface area contributed by atoms with Crippen molar-refractivity contribution in [1.82, 2.24) is 9.80 Å². The fraction of sp³-hybridized carbons (Fsp3) is 0.333. The highest BCUT2D eigenvalue weighted by molar-refractivity contribution is 7.10. The van der Waals surface area contributed by atoms with E-state index >= 15 is 0 Å². The van der Waals surface area contributed by atoms with E-state index in [-0.39, 0.29) is 35.7 Å². The van der Waals surface area contributed by atoms with Gasteiger partial charge in [-0.1, -0.05) is 37.3 Å². The van der Waals surface area contributed by atoms with Crippen molar-refractivity contribution in [3.05, 3.63) is 96.7 Å². The van der Waals surface area contributed by atoms with Crippen LogP contribution in [0.15, 0.2) is 53.9 Å². The second-order valence-electron chi connectivity index (χ2n) is 8.88. The first kappa shape index (κ1) is 24.6. The molecule has 8 heteroatoms. The molecule has 0 saturated heterocycles. The molecule has 182 valence electrons. The minimum Gasteiger partial charge on any atom is -0.330 e. The summed E-state index contributed by atoms with van der Waals surface area (Å²) in [7, 11) is 0. The lowest BCUT2D eigenvalue weighted by Gasteiger charge is -2.38. The average molecular weight is 492 g/mol. The molecule has 1 atom stereocenters. The van der Waals surface area contributed by atoms with E-state index < -0.39 is 4.92 Å². The third-order valence-corrected chi connectivity index (χ3v) is 7.53. The van der Waals surface area contributed by atoms with Crippen molar-refractivity contribution >= 4 is 28.8 Å². The van der Waals surface area contributed by atoms with E-state index in [9.17, 15) is 19.7 Å². The van der Waals surface area contributed by atoms with Crippen LogP contribution in [0.25, 0.3) is 0 Å². The van der Waals surface area contributed by atoms with Gasteiger partial charge in [0.1, 0.15) is 6.54 Å². The van der Waals surface area contributed by atoms with Crippen LogP contribution in [0.1, 0.15) is 56.9 Å². The van der Waals surface area contributed by atoms with E-state index in [0.29, 0.717) is 25.1 Å². The average Bonchev–Trinajstić information content (AvgIpc) is 3.32. The van der Waals surface area contributed by atoms with Crippen LogP contribution >= 0.6 is 11.3 Å². The van der Waals surface area contributed by atoms with Gasteiger partial charge in [0.05, 0.1) is 11.0 Å². The van der Waals surface area contributed by atoms with Gasteiger partial charge in [-0.25, -0.2) is 0 Å². The summed E-state index contributed by atoms with van der Waals surface area (Å²) in [4.78, 5) is 42.6. The molecule has 0 aliphatic carbocycles. The van der Waals surface area contributed by atoms with Crippen LogP contribution in [0.5, 0.6) is 0 Å². The lowest BCUT2D eigenvalue weighted by Crippen LogP contribution is -2.47. The van der Waals surface area contributed by atoms with Crippen LogP contribution in [0.4, 0.5) is 5.69 Å². The summed E-state index contributed by atoms with van der Waals surface area (Å²) < 4.78 is 0. The molecular formula is C27H29N3O4S. The van der Waals surface area contributed by atoms with Crippen LogP contribution in [0.2, 0.25) is 0 Å². The number of nitro groups is 1. The minimum absolute atomic E-state index is 0.0732. The molecule has 4 rings (SSSR count). The smallest absolute Gasteiger partial charge is 0.273 e. The summed E-state index contributed by atoms with van der Waals surface area (Å²) in [6.45, 7) is 6.53. The van der Waals surface area contributed by atoms with Crippen molar-refractivity contribution in [2.45, 2.75) is 39.7 Å². The molecule has 1 unspecified atom stereocenters. The molecule has 0 saturated carbocycles. The molecule has 1 aliphatic heterocycles. The molecule has 2 amide bonds. The highest BCUT2D eigenvalue weighted by atomic mass is 32.1. The van der Waals surface area contributed by atoms with Gasteiger partial charge in [-0.05, 0) is 60.9 Å². The molecule has 2 heterocycles. The second kappa shape index (κ2) is 10.4. The Kier molecular flexibility index (Phi) is 7.31. The number of nitrogens with zero attached hydrogens (tertiary/aromatic N) is 3. The van der Waals surface area contributed by atoms with Crippen LogP contribution < -0.4 is 0 Å². The van der Waals surface area contributed by atoms with Crippen molar-refractivity contribution in [3.8, 4) is 0 Å². The van der Waals surface area contributed by atoms with E-state index in [2.05, 4.69) is 30.5 Å². The number of aryl methyl sites for hydroxylation is 2. The van der Waals surface area contributed by atoms with Crippen molar-refractivity contribution in [2.75, 3.05) is 19.6 Å². The summed E-state index contributed by atoms with van der Waals surface area (Å²) in [6.07, 6.45) is 1.45. The number of carbonyl (C=O) groups is 2. The summed E-state index contributed by atoms with van der Waals surface area (Å²) in [5.74, 6) is -0.498. The summed E-state index contributed by atoms with van der Waals surface area (Å²) in [5.41, 5.74) is 3.96. The Balaban J connectivity index is 1.63. The lowest BCUT2D eigenvalue weighted by atomic mass is 9.90. The lowest BCUT2D eigenvalue weighted by molar-refractivity contribution is -0.385. The third-order valence-electron chi connectivity index (χ3n) is 6.53. The molecule has 0 radical (unpaired) electrons. The predicted molar refractivity (Wildman–Crippen MR) is 137 cm³/mol. The molecule has 0 bridgehead atoms. The van der Waals surface area contributed by atoms with Crippen molar-refractivity contribution in [1.29, 1.82) is 0 Å². The highest BCUT2D eigenvalue weighted by Crippen LogP contribution is 2.39. The Morgan fingerprint density at radius 1 is 1.11 bits per heavy atom. The minimum atomic E-state index is -0.486. The van der Waals surface area contributed by atoms with Gasteiger partial charge in [0.25, 0.3) is 11.6 Å². The van der Waals surface area contributed by atoms with Gasteiger partial charge < -0.3 is 9.80 Å². The van der Waals surface area contributed by atoms with Crippen LogP contribution in [-0.4, -0.2) is 46.2 Å². The summed E-state index contributed by atoms with van der Waals surface area (Å²) in [6, 6.07) is 14.5. The Bertz CT molecular complexity index is 1270. The number of rotatable bonds is 7. The van der Waals surface area contributed by atoms with E-state index in [4.69, 9.17) is 0 Å². The van der Waals surface area contributed by atoms with Crippen molar-refractivity contribution in [3.63, 3.8) is 0 Å². The molecular weight excluding hydrogens is 462 g/mol. The van der Waals surface area contributed by atoms with Gasteiger partial charge in [0, 0.05) is 35.2 Å². The number of hydrogen-bond acceptors (Lipinski definition) is 5. The Hall–Kier alpha value is -3.52. The van der Waals surface area contributed by atoms with Crippen LogP contribution in [-0.2, 0) is 11.2 Å². The summed E-state index contributed by atoms with van der Waals surface area (Å²) in [5, 5.41) is 13.4. The van der Waals surface area contributed by atoms with E-state index in [1.165, 1.54) is 15.8 Å². The van der Waals surface area contributed by atoms with Gasteiger partial charge in [0.2, 0.25) is 5.91 Å². The van der Waals surface area contributed by atoms with E-state index in [0.717, 1.165) is 23.1 Å². The largest absolute Gasteiger partial charge is 0.330 e. The first-order valence-corrected chi connectivity index (χ1v) is 12.6. The zero-order chi connectivity index (χ0) is 25.1. The molecule has 0 fully saturated rings. The van der Waals surface area contributed by atoms with E-state index in [1.54, 1.807) is 30.4 Å². The molecule has 0 N–H and O–H groups in total. The van der Waals surface area contributed by atoms with Gasteiger partial charge >= 0.3 is 0 Å². The maximum atomic E-state index is 13.7. The fourth-order valence-electron chi connectivity index (χ4n) is 4.71. The molecule has 0 spiro atoms. The fourth-order valence-corrected chi connectivity index (χ4v) is 5.62. The Morgan fingerprint density at radius 2 is 1.89 bits per heavy atom. The number of hydrogen-bond donors (Lipinski definition) is 0. The molecule has 35 heavy (non-hydrogen) atoms. The van der Waals surface area contributed by atoms with Gasteiger partial charge in [-0.15, -0.1) is 11.3 Å². The Morgan fingerprint density at radius 3 is 2.60 bits per heavy atom. The van der Waals surface area contributed by atoms with Gasteiger partial charge in [0.15, 0.2) is 0 Å². The summed E-state index contributed by atoms with van der Waals surface area (Å²) >= 11 is 1.71. The Labute approximate surface area is 209 Å². The number of amides is 2. The predicted octanol–water partition coefficient (Wildman–Crippen LogP) is 5.30. The maximum Gasteiger partial charge on any atom is 0.273 e. The SMILES string of the molecule is CCCN(CC(=O)N1CCc2sccc2C1c1ccccc1C)C(=O)c1ccc(C)c([N+](=O)[O-])c1. The number of carbonyl (C=O) groups excluding carboxylic acids is 2. The van der Waals surface area contributed by atoms with Crippen LogP contribution in [0.3, 0.4) is 0 Å². The number of benzene rings is 2. The monoisotopic (exact) mass is 491 g/mol. The number of nitro benzene ring substituents is 1. The molecule has 2 aromatic carbocycles. The standard InChI is InChI=1S/C27H29N3O4S/c1-4-13-28(27(32)20-10-9-19(3)23(16-20)30(33)34)17-25(31)29-14-11-24-22(12-15-35-24)26(29)21-8-6-5-7-18(21)2/h5-10,12,15-16,26H,4,11,13-14,17H2,1-3H3. The maximum absolute atomic E-state index is 13.7. The molecule has 7 nitrogen and oxygen atoms in total. The number of fused-ring (bicyclic) bond motifs is 1. The van der Waals surface area contributed by atoms with Gasteiger partial charge in [-0.2, -0.15) is 0 Å². The second-order valence-corrected chi connectivity index (χ2v) is 9.88. The zero-order valence-electron chi connectivity index (χ0n) is 20.2. The topological polar surface area (TPSA) is 83.8 Å². The quantitative estimate of drug-likeness (QED) is 0.332. The normalized spacial score (nSPS) is 14.9. The van der Waals surface area contributed by atoms with Crippen molar-refractivity contribution < 1.29 is 14.5 Å². The molecule has 1 aliphatic rings. The first-order chi connectivity index (χ1) is 16.8. The highest BCUT2D eigenvalue weighted by Gasteiger charge is 2.34.